The number of nitrogens with two attached hydrogens (primary N) is 1. The summed E-state index contributed by atoms with van der Waals surface area (Å²) in [6, 6.07) is 0. The highest BCUT2D eigenvalue weighted by Gasteiger charge is 1.99. The van der Waals surface area contributed by atoms with Gasteiger partial charge in [-0.25, -0.2) is 0 Å². The summed E-state index contributed by atoms with van der Waals surface area (Å²) in [4.78, 5) is 22.6. The highest BCUT2D eigenvalue weighted by Crippen LogP contribution is 1.80. The summed E-state index contributed by atoms with van der Waals surface area (Å²) in [6.07, 6.45) is 6.62. The second-order valence-electron chi connectivity index (χ2n) is 2.88. The number of hydrogen-bond donors (Lipinski definition) is 1. The van der Waals surface area contributed by atoms with E-state index in [1.54, 1.807) is 31.6 Å². The number of hydrogen-bond acceptors (Lipinski definition) is 3. The molecule has 0 atom stereocenters. The first kappa shape index (κ1) is 10.5. The van der Waals surface area contributed by atoms with Gasteiger partial charge in [0.25, 0.3) is 0 Å². The Kier molecular flexibility index (Phi) is 3.41. The van der Waals surface area contributed by atoms with Gasteiger partial charge >= 0.3 is 11.1 Å². The molecule has 0 spiro atoms. The molecule has 0 fully saturated rings. The van der Waals surface area contributed by atoms with E-state index in [0.717, 1.165) is 0 Å². The topological polar surface area (TPSA) is 70.0 Å². The summed E-state index contributed by atoms with van der Waals surface area (Å²) in [6.45, 7) is 0.811. The van der Waals surface area contributed by atoms with Crippen LogP contribution in [0.1, 0.15) is 0 Å². The molecule has 0 radical (unpaired) electrons. The van der Waals surface area contributed by atoms with E-state index in [4.69, 9.17) is 5.73 Å². The van der Waals surface area contributed by atoms with Crippen molar-refractivity contribution in [2.45, 2.75) is 6.54 Å². The first-order chi connectivity index (χ1) is 6.66. The van der Waals surface area contributed by atoms with Crippen molar-refractivity contribution in [2.24, 2.45) is 12.8 Å². The van der Waals surface area contributed by atoms with Crippen molar-refractivity contribution >= 4 is 0 Å². The van der Waals surface area contributed by atoms with Crippen molar-refractivity contribution in [3.05, 3.63) is 45.3 Å². The van der Waals surface area contributed by atoms with Crippen LogP contribution in [0.25, 0.3) is 0 Å². The fourth-order valence-electron chi connectivity index (χ4n) is 1.02. The Labute approximate surface area is 81.1 Å². The van der Waals surface area contributed by atoms with Crippen molar-refractivity contribution in [2.75, 3.05) is 6.54 Å². The summed E-state index contributed by atoms with van der Waals surface area (Å²) < 4.78 is 2.60. The minimum atomic E-state index is -0.520. The first-order valence-corrected chi connectivity index (χ1v) is 4.28. The van der Waals surface area contributed by atoms with Crippen LogP contribution < -0.4 is 16.9 Å². The summed E-state index contributed by atoms with van der Waals surface area (Å²) in [5.41, 5.74) is 4.21. The molecule has 1 aromatic rings. The molecule has 0 saturated carbocycles. The Balaban J connectivity index is 3.01. The number of nitrogens with zero attached hydrogens (tertiary/aromatic N) is 2. The van der Waals surface area contributed by atoms with Crippen molar-refractivity contribution in [3.63, 3.8) is 0 Å². The second-order valence-corrected chi connectivity index (χ2v) is 2.88. The van der Waals surface area contributed by atoms with Crippen molar-refractivity contribution in [1.82, 2.24) is 9.13 Å². The lowest BCUT2D eigenvalue weighted by atomic mass is 10.4. The number of aryl methyl sites for hydroxylation is 1. The van der Waals surface area contributed by atoms with Crippen molar-refractivity contribution in [3.8, 4) is 0 Å². The zero-order chi connectivity index (χ0) is 10.6. The minimum Gasteiger partial charge on any atom is -0.327 e. The average molecular weight is 195 g/mol. The molecule has 0 aliphatic carbocycles. The van der Waals surface area contributed by atoms with Gasteiger partial charge in [0.1, 0.15) is 0 Å². The lowest BCUT2D eigenvalue weighted by molar-refractivity contribution is 0.705. The number of aromatic nitrogens is 2. The fraction of sp³-hybridized carbons (Fsp3) is 0.333. The van der Waals surface area contributed by atoms with Crippen LogP contribution in [0.3, 0.4) is 0 Å². The van der Waals surface area contributed by atoms with Gasteiger partial charge < -0.3 is 14.9 Å². The molecule has 5 nitrogen and oxygen atoms in total. The van der Waals surface area contributed by atoms with Crippen LogP contribution in [-0.2, 0) is 13.6 Å². The van der Waals surface area contributed by atoms with Gasteiger partial charge in [0.2, 0.25) is 0 Å². The van der Waals surface area contributed by atoms with Crippen molar-refractivity contribution < 1.29 is 0 Å². The third-order valence-electron chi connectivity index (χ3n) is 1.84. The molecule has 0 unspecified atom stereocenters. The van der Waals surface area contributed by atoms with Gasteiger partial charge in [0, 0.05) is 32.5 Å². The van der Waals surface area contributed by atoms with Gasteiger partial charge in [-0.1, -0.05) is 12.2 Å². The molecule has 14 heavy (non-hydrogen) atoms. The highest BCUT2D eigenvalue weighted by atomic mass is 16.2. The Morgan fingerprint density at radius 1 is 1.29 bits per heavy atom. The molecule has 5 heteroatoms. The molecule has 0 saturated heterocycles. The molecule has 0 aliphatic heterocycles. The van der Waals surface area contributed by atoms with Crippen LogP contribution in [0.15, 0.2) is 34.1 Å². The summed E-state index contributed by atoms with van der Waals surface area (Å²) in [7, 11) is 1.55. The predicted molar refractivity (Wildman–Crippen MR) is 54.1 cm³/mol. The standard InChI is InChI=1S/C9H13N3O2/c1-11-6-7-12(5-3-2-4-10)9(14)8(11)13/h2-3,6-7H,4-5,10H2,1H3. The molecule has 76 valence electrons. The Bertz CT molecular complexity index is 442. The molecule has 1 rings (SSSR count). The normalized spacial score (nSPS) is 11.0. The Morgan fingerprint density at radius 2 is 2.00 bits per heavy atom. The lowest BCUT2D eigenvalue weighted by Gasteiger charge is -2.01. The van der Waals surface area contributed by atoms with Crippen LogP contribution >= 0.6 is 0 Å². The number of allylic oxidation sites excluding steroid dienone is 1. The molecule has 0 amide bonds. The Morgan fingerprint density at radius 3 is 2.64 bits per heavy atom. The van der Waals surface area contributed by atoms with Gasteiger partial charge in [-0.2, -0.15) is 0 Å². The average Bonchev–Trinajstić information content (AvgIpc) is 2.18. The maximum atomic E-state index is 11.3. The fourth-order valence-corrected chi connectivity index (χ4v) is 1.02. The van der Waals surface area contributed by atoms with E-state index in [-0.39, 0.29) is 0 Å². The summed E-state index contributed by atoms with van der Waals surface area (Å²) in [5, 5.41) is 0. The lowest BCUT2D eigenvalue weighted by Crippen LogP contribution is -2.39. The molecule has 1 heterocycles. The third-order valence-corrected chi connectivity index (χ3v) is 1.84. The molecular weight excluding hydrogens is 182 g/mol. The summed E-state index contributed by atoms with van der Waals surface area (Å²) >= 11 is 0. The Hall–Kier alpha value is -1.62. The zero-order valence-electron chi connectivity index (χ0n) is 8.01. The molecule has 0 aromatic carbocycles. The van der Waals surface area contributed by atoms with Gasteiger partial charge in [-0.05, 0) is 0 Å². The van der Waals surface area contributed by atoms with E-state index in [1.807, 2.05) is 0 Å². The molecule has 0 bridgehead atoms. The van der Waals surface area contributed by atoms with Gasteiger partial charge in [-0.15, -0.1) is 0 Å². The monoisotopic (exact) mass is 195 g/mol. The largest absolute Gasteiger partial charge is 0.327 e. The highest BCUT2D eigenvalue weighted by molar-refractivity contribution is 4.89. The SMILES string of the molecule is Cn1ccn(CC=CCN)c(=O)c1=O. The molecule has 0 aliphatic rings. The van der Waals surface area contributed by atoms with E-state index in [2.05, 4.69) is 0 Å². The van der Waals surface area contributed by atoms with E-state index in [1.165, 1.54) is 9.13 Å². The van der Waals surface area contributed by atoms with Gasteiger partial charge in [0.15, 0.2) is 0 Å². The second kappa shape index (κ2) is 4.57. The summed E-state index contributed by atoms with van der Waals surface area (Å²) in [5.74, 6) is 0. The quantitative estimate of drug-likeness (QED) is 0.500. The van der Waals surface area contributed by atoms with E-state index in [0.29, 0.717) is 13.1 Å². The maximum Gasteiger partial charge on any atom is 0.316 e. The van der Waals surface area contributed by atoms with Crippen LogP contribution in [0, 0.1) is 0 Å². The predicted octanol–water partition coefficient (Wildman–Crippen LogP) is -0.938. The van der Waals surface area contributed by atoms with Gasteiger partial charge in [-0.3, -0.25) is 9.59 Å². The minimum absolute atomic E-state index is 0.381. The molecule has 1 aromatic heterocycles. The van der Waals surface area contributed by atoms with E-state index < -0.39 is 11.1 Å². The van der Waals surface area contributed by atoms with E-state index in [9.17, 15) is 9.59 Å². The third kappa shape index (κ3) is 2.20. The van der Waals surface area contributed by atoms with E-state index >= 15 is 0 Å². The van der Waals surface area contributed by atoms with Crippen LogP contribution in [0.5, 0.6) is 0 Å². The molecular formula is C9H13N3O2. The van der Waals surface area contributed by atoms with Crippen LogP contribution in [-0.4, -0.2) is 15.7 Å². The van der Waals surface area contributed by atoms with Gasteiger partial charge in [0.05, 0.1) is 0 Å². The molecule has 2 N–H and O–H groups in total. The first-order valence-electron chi connectivity index (χ1n) is 4.28. The number of rotatable bonds is 3. The maximum absolute atomic E-state index is 11.3. The smallest absolute Gasteiger partial charge is 0.316 e. The zero-order valence-corrected chi connectivity index (χ0v) is 8.01. The van der Waals surface area contributed by atoms with Crippen molar-refractivity contribution in [1.29, 1.82) is 0 Å². The van der Waals surface area contributed by atoms with Crippen LogP contribution in [0.4, 0.5) is 0 Å². The van der Waals surface area contributed by atoms with Crippen LogP contribution in [0.2, 0.25) is 0 Å².